The number of carbonyl (C=O) groups excluding carboxylic acids is 2. The van der Waals surface area contributed by atoms with Gasteiger partial charge in [-0.3, -0.25) is 14.2 Å². The molecule has 0 saturated carbocycles. The molecule has 0 aromatic carbocycles. The van der Waals surface area contributed by atoms with E-state index < -0.39 is 32.5 Å². The van der Waals surface area contributed by atoms with Crippen LogP contribution in [-0.4, -0.2) is 70.0 Å². The first kappa shape index (κ1) is 59.2. The van der Waals surface area contributed by atoms with Crippen molar-refractivity contribution >= 4 is 19.8 Å². The van der Waals surface area contributed by atoms with Crippen LogP contribution in [0.2, 0.25) is 0 Å². The summed E-state index contributed by atoms with van der Waals surface area (Å²) in [5, 5.41) is 0. The molecular formula is C52H90NO8P. The molecular weight excluding hydrogens is 798 g/mol. The standard InChI is InChI=1S/C52H90NO8P/c1-6-8-10-12-14-16-18-20-22-24-26-28-30-32-34-36-38-40-42-44-51(54)58-48-50(49-60-62(56,57)59-47-46-53(3,4)5)61-52(55)45-43-41-39-37-35-33-31-29-27-25-23-21-19-17-15-13-11-9-7-2/h14-17,20-23,26,28,32,34,38,40,50H,6-13,18-19,24-25,27,29-31,33,35-37,39,41-49H2,1-5H3/b16-14+,17-15+,22-20+,23-21+,28-26+,34-32+,40-38+/t50-/m1/s1. The van der Waals surface area contributed by atoms with Gasteiger partial charge in [-0.15, -0.1) is 0 Å². The Morgan fingerprint density at radius 2 is 0.903 bits per heavy atom. The van der Waals surface area contributed by atoms with Crippen molar-refractivity contribution in [3.63, 3.8) is 0 Å². The number of ether oxygens (including phenoxy) is 2. The fraction of sp³-hybridized carbons (Fsp3) is 0.692. The third kappa shape index (κ3) is 46.7. The van der Waals surface area contributed by atoms with Crippen LogP contribution in [0, 0.1) is 0 Å². The average molecular weight is 888 g/mol. The van der Waals surface area contributed by atoms with Crippen LogP contribution in [-0.2, 0) is 32.7 Å². The minimum absolute atomic E-state index is 0.0468. The van der Waals surface area contributed by atoms with Crippen molar-refractivity contribution in [2.45, 2.75) is 187 Å². The average Bonchev–Trinajstić information content (AvgIpc) is 3.23. The summed E-state index contributed by atoms with van der Waals surface area (Å²) in [6.45, 7) is 4.08. The van der Waals surface area contributed by atoms with Gasteiger partial charge in [-0.2, -0.15) is 0 Å². The molecule has 0 N–H and O–H groups in total. The smallest absolute Gasteiger partial charge is 0.306 e. The van der Waals surface area contributed by atoms with Crippen molar-refractivity contribution in [3.8, 4) is 0 Å². The van der Waals surface area contributed by atoms with Crippen molar-refractivity contribution in [3.05, 3.63) is 85.1 Å². The summed E-state index contributed by atoms with van der Waals surface area (Å²) in [6, 6.07) is 0. The number of quaternary nitrogens is 1. The third-order valence-corrected chi connectivity index (χ3v) is 10.9. The van der Waals surface area contributed by atoms with Crippen molar-refractivity contribution < 1.29 is 42.1 Å². The molecule has 10 heteroatoms. The Kier molecular flexibility index (Phi) is 41.5. The lowest BCUT2D eigenvalue weighted by Crippen LogP contribution is -2.37. The van der Waals surface area contributed by atoms with Gasteiger partial charge in [-0.1, -0.05) is 170 Å². The maximum Gasteiger partial charge on any atom is 0.306 e. The lowest BCUT2D eigenvalue weighted by Gasteiger charge is -2.28. The van der Waals surface area contributed by atoms with Crippen LogP contribution in [0.4, 0.5) is 0 Å². The van der Waals surface area contributed by atoms with Crippen LogP contribution in [0.5, 0.6) is 0 Å². The van der Waals surface area contributed by atoms with E-state index in [4.69, 9.17) is 18.5 Å². The molecule has 356 valence electrons. The first-order chi connectivity index (χ1) is 30.0. The summed E-state index contributed by atoms with van der Waals surface area (Å²) in [5.41, 5.74) is 0. The molecule has 1 unspecified atom stereocenters. The number of unbranched alkanes of at least 4 members (excludes halogenated alkanes) is 15. The van der Waals surface area contributed by atoms with E-state index in [0.29, 0.717) is 23.9 Å². The Hall–Kier alpha value is -2.81. The van der Waals surface area contributed by atoms with Crippen LogP contribution in [0.25, 0.3) is 0 Å². The number of phosphoric acid groups is 1. The Balaban J connectivity index is 4.43. The van der Waals surface area contributed by atoms with Gasteiger partial charge in [0.15, 0.2) is 6.10 Å². The zero-order valence-corrected chi connectivity index (χ0v) is 40.9. The zero-order chi connectivity index (χ0) is 45.7. The molecule has 0 fully saturated rings. The monoisotopic (exact) mass is 888 g/mol. The highest BCUT2D eigenvalue weighted by atomic mass is 31.2. The molecule has 0 heterocycles. The molecule has 0 radical (unpaired) electrons. The minimum atomic E-state index is -4.65. The summed E-state index contributed by atoms with van der Waals surface area (Å²) < 4.78 is 33.9. The molecule has 0 aromatic rings. The van der Waals surface area contributed by atoms with Crippen molar-refractivity contribution in [1.29, 1.82) is 0 Å². The van der Waals surface area contributed by atoms with Gasteiger partial charge < -0.3 is 27.9 Å². The first-order valence-electron chi connectivity index (χ1n) is 24.3. The van der Waals surface area contributed by atoms with Crippen LogP contribution < -0.4 is 4.89 Å². The summed E-state index contributed by atoms with van der Waals surface area (Å²) >= 11 is 0. The molecule has 0 spiro atoms. The number of nitrogens with zero attached hydrogens (tertiary/aromatic N) is 1. The van der Waals surface area contributed by atoms with Gasteiger partial charge in [0.05, 0.1) is 27.7 Å². The number of allylic oxidation sites excluding steroid dienone is 14. The molecule has 0 bridgehead atoms. The number of carbonyl (C=O) groups is 2. The maximum absolute atomic E-state index is 12.7. The summed E-state index contributed by atoms with van der Waals surface area (Å²) in [4.78, 5) is 37.6. The molecule has 9 nitrogen and oxygen atoms in total. The van der Waals surface area contributed by atoms with Crippen molar-refractivity contribution in [1.82, 2.24) is 0 Å². The molecule has 0 amide bonds. The van der Waals surface area contributed by atoms with Gasteiger partial charge in [0.2, 0.25) is 0 Å². The number of phosphoric ester groups is 1. The Morgan fingerprint density at radius 1 is 0.500 bits per heavy atom. The normalized spacial score (nSPS) is 14.2. The number of likely N-dealkylation sites (N-methyl/N-ethyl adjacent to an activating group) is 1. The third-order valence-electron chi connectivity index (χ3n) is 9.90. The fourth-order valence-electron chi connectivity index (χ4n) is 6.08. The largest absolute Gasteiger partial charge is 0.756 e. The fourth-order valence-corrected chi connectivity index (χ4v) is 6.81. The highest BCUT2D eigenvalue weighted by Gasteiger charge is 2.21. The van der Waals surface area contributed by atoms with E-state index in [9.17, 15) is 19.0 Å². The van der Waals surface area contributed by atoms with Gasteiger partial charge >= 0.3 is 11.9 Å². The molecule has 2 atom stereocenters. The summed E-state index contributed by atoms with van der Waals surface area (Å²) in [6.07, 6.45) is 56.2. The first-order valence-corrected chi connectivity index (χ1v) is 25.8. The van der Waals surface area contributed by atoms with E-state index in [1.54, 1.807) is 0 Å². The minimum Gasteiger partial charge on any atom is -0.756 e. The zero-order valence-electron chi connectivity index (χ0n) is 40.0. The van der Waals surface area contributed by atoms with Crippen LogP contribution in [0.15, 0.2) is 85.1 Å². The van der Waals surface area contributed by atoms with Gasteiger partial charge in [0.1, 0.15) is 19.8 Å². The molecule has 0 aromatic heterocycles. The molecule has 0 aliphatic carbocycles. The van der Waals surface area contributed by atoms with Crippen molar-refractivity contribution in [2.24, 2.45) is 0 Å². The van der Waals surface area contributed by atoms with E-state index in [0.717, 1.165) is 57.8 Å². The van der Waals surface area contributed by atoms with E-state index >= 15 is 0 Å². The predicted octanol–water partition coefficient (Wildman–Crippen LogP) is 13.7. The molecule has 0 aliphatic rings. The number of hydrogen-bond acceptors (Lipinski definition) is 8. The molecule has 62 heavy (non-hydrogen) atoms. The number of esters is 2. The SMILES string of the molecule is CCCCC/C=C/C/C=C/C/C=C/C/C=C/C/C=C/CCC(=O)OC[C@H](COP(=O)([O-])OCC[N+](C)(C)C)OC(=O)CCCCCCCCCCC/C=C/C/C=C/CCCCC. The lowest BCUT2D eigenvalue weighted by atomic mass is 10.1. The summed E-state index contributed by atoms with van der Waals surface area (Å²) in [7, 11) is 1.11. The van der Waals surface area contributed by atoms with Crippen LogP contribution in [0.1, 0.15) is 181 Å². The maximum atomic E-state index is 12.7. The van der Waals surface area contributed by atoms with Gasteiger partial charge in [0, 0.05) is 12.8 Å². The highest BCUT2D eigenvalue weighted by Crippen LogP contribution is 2.38. The van der Waals surface area contributed by atoms with E-state index in [-0.39, 0.29) is 26.1 Å². The van der Waals surface area contributed by atoms with Gasteiger partial charge in [0.25, 0.3) is 7.82 Å². The Morgan fingerprint density at radius 3 is 1.35 bits per heavy atom. The van der Waals surface area contributed by atoms with E-state index in [1.165, 1.54) is 83.5 Å². The predicted molar refractivity (Wildman–Crippen MR) is 259 cm³/mol. The van der Waals surface area contributed by atoms with Gasteiger partial charge in [-0.05, 0) is 83.5 Å². The Labute approximate surface area is 380 Å². The van der Waals surface area contributed by atoms with Gasteiger partial charge in [-0.25, -0.2) is 0 Å². The second-order valence-electron chi connectivity index (χ2n) is 17.1. The number of hydrogen-bond donors (Lipinski definition) is 0. The lowest BCUT2D eigenvalue weighted by molar-refractivity contribution is -0.870. The second-order valence-corrected chi connectivity index (χ2v) is 18.5. The Bertz CT molecular complexity index is 1330. The quantitative estimate of drug-likeness (QED) is 0.0196. The topological polar surface area (TPSA) is 111 Å². The molecule has 0 aliphatic heterocycles. The van der Waals surface area contributed by atoms with Crippen LogP contribution >= 0.6 is 7.82 Å². The molecule has 0 saturated heterocycles. The number of rotatable bonds is 43. The molecule has 0 rings (SSSR count). The highest BCUT2D eigenvalue weighted by molar-refractivity contribution is 7.45. The summed E-state index contributed by atoms with van der Waals surface area (Å²) in [5.74, 6) is -0.940. The second kappa shape index (κ2) is 43.4. The van der Waals surface area contributed by atoms with Crippen LogP contribution in [0.3, 0.4) is 0 Å². The van der Waals surface area contributed by atoms with Crippen molar-refractivity contribution in [2.75, 3.05) is 47.5 Å². The van der Waals surface area contributed by atoms with E-state index in [2.05, 4.69) is 86.8 Å². The van der Waals surface area contributed by atoms with E-state index in [1.807, 2.05) is 33.3 Å².